The molecule has 356 valence electrons. The van der Waals surface area contributed by atoms with E-state index in [1.54, 1.807) is 11.0 Å². The minimum atomic E-state index is -3.69. The molecule has 0 spiro atoms. The van der Waals surface area contributed by atoms with E-state index in [-0.39, 0.29) is 85.6 Å². The van der Waals surface area contributed by atoms with Gasteiger partial charge >= 0.3 is 6.09 Å². The SMILES string of the molecule is CCc1cnc(N2CCC(c3ccc4oc(-c5ccc(S(C)(=O)=O)cc5F)nc4c3OC(=O)N3CCC(c4cc(F)c5oc(-c6ccc(S(C)(=O)=O)cc6F)nc5c4C(C)(C)C)CC3)CC2)nc1. The lowest BCUT2D eigenvalue weighted by Gasteiger charge is -2.35. The van der Waals surface area contributed by atoms with Crippen LogP contribution in [0, 0.1) is 17.5 Å². The molecule has 2 aliphatic rings. The standard InChI is InChI=1S/C49H49F3N6O8S2/c1-7-27-25-53-47(54-26-27)57-18-14-28(15-19-57)32-12-13-39-41(55-45(64-39)33-10-8-30(22-36(33)50)67(5,60)61)43(32)66-48(59)58-20-16-29(17-21-58)35-24-38(52)44-42(40(35)49(2,3)4)56-46(65-44)34-11-9-31(23-37(34)51)68(6,62)63/h8-13,22-26,28-29H,7,14-21H2,1-6H3. The third-order valence-electron chi connectivity index (χ3n) is 12.8. The van der Waals surface area contributed by atoms with Gasteiger partial charge in [-0.3, -0.25) is 0 Å². The number of hydrogen-bond donors (Lipinski definition) is 0. The molecule has 5 heterocycles. The lowest BCUT2D eigenvalue weighted by Crippen LogP contribution is -2.40. The first-order chi connectivity index (χ1) is 32.2. The number of likely N-dealkylation sites (tertiary alicyclic amines) is 1. The fraction of sp³-hybridized carbons (Fsp3) is 0.367. The van der Waals surface area contributed by atoms with E-state index in [0.717, 1.165) is 36.6 Å². The molecule has 0 unspecified atom stereocenters. The number of benzene rings is 4. The van der Waals surface area contributed by atoms with E-state index in [2.05, 4.69) is 24.8 Å². The van der Waals surface area contributed by atoms with Gasteiger partial charge < -0.3 is 23.4 Å². The van der Waals surface area contributed by atoms with Crippen molar-refractivity contribution in [2.45, 2.75) is 86.8 Å². The molecule has 0 N–H and O–H groups in total. The number of amides is 1. The number of anilines is 1. The van der Waals surface area contributed by atoms with Crippen LogP contribution >= 0.6 is 0 Å². The summed E-state index contributed by atoms with van der Waals surface area (Å²) in [4.78, 5) is 35.9. The summed E-state index contributed by atoms with van der Waals surface area (Å²) in [6, 6.07) is 11.8. The molecule has 0 atom stereocenters. The number of aromatic nitrogens is 4. The average molecular weight is 971 g/mol. The van der Waals surface area contributed by atoms with Crippen LogP contribution in [0.15, 0.2) is 85.6 Å². The van der Waals surface area contributed by atoms with Crippen LogP contribution in [-0.2, 0) is 31.5 Å². The van der Waals surface area contributed by atoms with Crippen LogP contribution in [0.3, 0.4) is 0 Å². The lowest BCUT2D eigenvalue weighted by atomic mass is 9.76. The number of hydrogen-bond acceptors (Lipinski definition) is 13. The maximum absolute atomic E-state index is 16.1. The first-order valence-electron chi connectivity index (χ1n) is 22.3. The zero-order chi connectivity index (χ0) is 48.4. The molecule has 2 fully saturated rings. The van der Waals surface area contributed by atoms with Crippen LogP contribution in [-0.4, -0.2) is 86.5 Å². The van der Waals surface area contributed by atoms with Crippen molar-refractivity contribution < 1.29 is 48.4 Å². The van der Waals surface area contributed by atoms with Gasteiger partial charge in [-0.2, -0.15) is 0 Å². The van der Waals surface area contributed by atoms with Gasteiger partial charge in [0.05, 0.1) is 20.9 Å². The summed E-state index contributed by atoms with van der Waals surface area (Å²) in [5.74, 6) is -2.23. The molecule has 68 heavy (non-hydrogen) atoms. The Hall–Kier alpha value is -6.34. The van der Waals surface area contributed by atoms with Crippen LogP contribution in [0.1, 0.15) is 87.5 Å². The fourth-order valence-corrected chi connectivity index (χ4v) is 10.5. The average Bonchev–Trinajstić information content (AvgIpc) is 3.94. The van der Waals surface area contributed by atoms with Gasteiger partial charge in [-0.15, -0.1) is 0 Å². The first-order valence-corrected chi connectivity index (χ1v) is 26.1. The molecule has 0 saturated carbocycles. The Morgan fingerprint density at radius 3 is 1.81 bits per heavy atom. The second kappa shape index (κ2) is 17.6. The number of ether oxygens (including phenoxy) is 1. The van der Waals surface area contributed by atoms with Crippen LogP contribution in [0.2, 0.25) is 0 Å². The third-order valence-corrected chi connectivity index (χ3v) is 15.1. The molecule has 0 bridgehead atoms. The molecule has 14 nitrogen and oxygen atoms in total. The first kappa shape index (κ1) is 46.8. The second-order valence-corrected chi connectivity index (χ2v) is 22.6. The highest BCUT2D eigenvalue weighted by molar-refractivity contribution is 7.91. The predicted octanol–water partition coefficient (Wildman–Crippen LogP) is 9.94. The van der Waals surface area contributed by atoms with Crippen LogP contribution in [0.25, 0.3) is 45.1 Å². The van der Waals surface area contributed by atoms with Crippen LogP contribution in [0.5, 0.6) is 5.75 Å². The Labute approximate surface area is 391 Å². The third kappa shape index (κ3) is 9.04. The van der Waals surface area contributed by atoms with Gasteiger partial charge in [0.1, 0.15) is 17.2 Å². The lowest BCUT2D eigenvalue weighted by molar-refractivity contribution is 0.138. The maximum atomic E-state index is 16.1. The zero-order valence-corrected chi connectivity index (χ0v) is 39.9. The largest absolute Gasteiger partial charge is 0.436 e. The number of aryl methyl sites for hydroxylation is 1. The predicted molar refractivity (Wildman–Crippen MR) is 249 cm³/mol. The number of rotatable bonds is 9. The van der Waals surface area contributed by atoms with Gasteiger partial charge in [0.15, 0.2) is 47.9 Å². The minimum absolute atomic E-state index is 0.0709. The number of halogens is 3. The fourth-order valence-electron chi connectivity index (χ4n) is 9.23. The number of sulfone groups is 2. The molecule has 2 aliphatic heterocycles. The Bertz CT molecular complexity index is 3340. The van der Waals surface area contributed by atoms with E-state index in [1.165, 1.54) is 30.3 Å². The summed E-state index contributed by atoms with van der Waals surface area (Å²) in [6.07, 6.45) is 7.99. The molecule has 4 aromatic carbocycles. The summed E-state index contributed by atoms with van der Waals surface area (Å²) in [5.41, 5.74) is 2.87. The van der Waals surface area contributed by atoms with Crippen molar-refractivity contribution in [3.8, 4) is 28.7 Å². The van der Waals surface area contributed by atoms with E-state index in [0.29, 0.717) is 61.4 Å². The Balaban J connectivity index is 0.997. The van der Waals surface area contributed by atoms with Crippen molar-refractivity contribution in [2.75, 3.05) is 43.6 Å². The van der Waals surface area contributed by atoms with Crippen molar-refractivity contribution >= 4 is 53.9 Å². The molecular weight excluding hydrogens is 922 g/mol. The number of nitrogens with zero attached hydrogens (tertiary/aromatic N) is 6. The monoisotopic (exact) mass is 970 g/mol. The van der Waals surface area contributed by atoms with Gasteiger partial charge in [0, 0.05) is 56.6 Å². The van der Waals surface area contributed by atoms with Crippen molar-refractivity contribution in [1.29, 1.82) is 0 Å². The number of oxazole rings is 2. The number of piperidine rings is 2. The highest BCUT2D eigenvalue weighted by atomic mass is 32.2. The number of fused-ring (bicyclic) bond motifs is 2. The number of carbonyl (C=O) groups excluding carboxylic acids is 1. The molecule has 0 radical (unpaired) electrons. The highest BCUT2D eigenvalue weighted by Crippen LogP contribution is 2.44. The van der Waals surface area contributed by atoms with E-state index >= 15 is 13.2 Å². The molecule has 7 aromatic rings. The Kier molecular flexibility index (Phi) is 12.1. The highest BCUT2D eigenvalue weighted by Gasteiger charge is 2.35. The molecule has 19 heteroatoms. The second-order valence-electron chi connectivity index (χ2n) is 18.6. The zero-order valence-electron chi connectivity index (χ0n) is 38.3. The van der Waals surface area contributed by atoms with Gasteiger partial charge in [-0.25, -0.2) is 54.7 Å². The van der Waals surface area contributed by atoms with Gasteiger partial charge in [-0.05, 0) is 115 Å². The van der Waals surface area contributed by atoms with Crippen molar-refractivity contribution in [2.24, 2.45) is 0 Å². The topological polar surface area (TPSA) is 179 Å². The van der Waals surface area contributed by atoms with E-state index in [4.69, 9.17) is 13.6 Å². The van der Waals surface area contributed by atoms with Crippen molar-refractivity contribution in [3.05, 3.63) is 107 Å². The summed E-state index contributed by atoms with van der Waals surface area (Å²) in [5, 5.41) is 0. The smallest absolute Gasteiger partial charge is 0.415 e. The quantitative estimate of drug-likeness (QED) is 0.134. The van der Waals surface area contributed by atoms with E-state index < -0.39 is 48.6 Å². The molecule has 3 aromatic heterocycles. The molecule has 9 rings (SSSR count). The van der Waals surface area contributed by atoms with Crippen molar-refractivity contribution in [3.63, 3.8) is 0 Å². The minimum Gasteiger partial charge on any atom is -0.436 e. The molecular formula is C49H49F3N6O8S2. The molecule has 1 amide bonds. The summed E-state index contributed by atoms with van der Waals surface area (Å²) in [7, 11) is -7.38. The van der Waals surface area contributed by atoms with Gasteiger partial charge in [-0.1, -0.05) is 33.8 Å². The summed E-state index contributed by atoms with van der Waals surface area (Å²) in [6.45, 7) is 9.67. The Morgan fingerprint density at radius 1 is 0.721 bits per heavy atom. The Morgan fingerprint density at radius 2 is 1.26 bits per heavy atom. The van der Waals surface area contributed by atoms with Gasteiger partial charge in [0.25, 0.3) is 0 Å². The van der Waals surface area contributed by atoms with Gasteiger partial charge in [0.2, 0.25) is 17.7 Å². The van der Waals surface area contributed by atoms with Crippen LogP contribution in [0.4, 0.5) is 23.9 Å². The van der Waals surface area contributed by atoms with Crippen LogP contribution < -0.4 is 9.64 Å². The van der Waals surface area contributed by atoms with Crippen molar-refractivity contribution in [1.82, 2.24) is 24.8 Å². The summed E-state index contributed by atoms with van der Waals surface area (Å²) >= 11 is 0. The normalized spacial score (nSPS) is 15.7. The molecule has 0 aliphatic carbocycles. The maximum Gasteiger partial charge on any atom is 0.415 e. The summed E-state index contributed by atoms with van der Waals surface area (Å²) < 4.78 is 113. The number of carbonyl (C=O) groups is 1. The van der Waals surface area contributed by atoms with E-state index in [9.17, 15) is 21.6 Å². The van der Waals surface area contributed by atoms with E-state index in [1.807, 2.05) is 46.2 Å². The molecule has 2 saturated heterocycles.